The Hall–Kier alpha value is -8.48. The maximum Gasteiger partial charge on any atom is 0.165 e. The summed E-state index contributed by atoms with van der Waals surface area (Å²) in [6.45, 7) is 8.97. The van der Waals surface area contributed by atoms with Crippen molar-refractivity contribution in [1.82, 2.24) is 29.1 Å². The second kappa shape index (κ2) is 15.3. The van der Waals surface area contributed by atoms with E-state index in [9.17, 15) is 0 Å². The van der Waals surface area contributed by atoms with Crippen molar-refractivity contribution in [2.75, 3.05) is 0 Å². The first-order valence-electron chi connectivity index (χ1n) is 20.6. The Kier molecular flexibility index (Phi) is 9.02. The van der Waals surface area contributed by atoms with Crippen LogP contribution in [0, 0.1) is 0 Å². The topological polar surface area (TPSA) is 61.4 Å². The minimum absolute atomic E-state index is 0.556. The fourth-order valence-corrected chi connectivity index (χ4v) is 8.73. The van der Waals surface area contributed by atoms with Crippen LogP contribution in [0.4, 0.5) is 0 Å². The van der Waals surface area contributed by atoms with E-state index in [0.717, 1.165) is 77.7 Å². The SMILES string of the molecule is C=C/C(=C\C(=C)n1c2ccccc2c2c(-c3cncc(-c4nc(-c5ccccc5)nc(-c5ccccc5)n4)c3)cccc21)c1ccc2c(c1)c1ccccc1n2-c1ccccc1. The molecule has 62 heavy (non-hydrogen) atoms. The van der Waals surface area contributed by atoms with E-state index >= 15 is 0 Å². The lowest BCUT2D eigenvalue weighted by Crippen LogP contribution is -2.00. The molecule has 0 saturated heterocycles. The number of aromatic nitrogens is 6. The summed E-state index contributed by atoms with van der Waals surface area (Å²) in [6, 6.07) is 62.9. The highest BCUT2D eigenvalue weighted by molar-refractivity contribution is 6.17. The van der Waals surface area contributed by atoms with Gasteiger partial charge in [0.05, 0.1) is 22.1 Å². The van der Waals surface area contributed by atoms with Gasteiger partial charge in [-0.3, -0.25) is 4.98 Å². The van der Waals surface area contributed by atoms with Gasteiger partial charge in [-0.1, -0.05) is 153 Å². The van der Waals surface area contributed by atoms with Crippen LogP contribution in [-0.2, 0) is 0 Å². The maximum atomic E-state index is 4.99. The van der Waals surface area contributed by atoms with Crippen LogP contribution in [-0.4, -0.2) is 29.1 Å². The fourth-order valence-electron chi connectivity index (χ4n) is 8.73. The van der Waals surface area contributed by atoms with Crippen molar-refractivity contribution >= 4 is 54.9 Å². The number of pyridine rings is 1. The highest BCUT2D eigenvalue weighted by Gasteiger charge is 2.19. The first kappa shape index (κ1) is 36.6. The molecule has 6 nitrogen and oxygen atoms in total. The van der Waals surface area contributed by atoms with Crippen molar-refractivity contribution in [3.05, 3.63) is 225 Å². The number of hydrogen-bond donors (Lipinski definition) is 0. The van der Waals surface area contributed by atoms with E-state index in [1.807, 2.05) is 79.1 Å². The largest absolute Gasteiger partial charge is 0.310 e. The van der Waals surface area contributed by atoms with E-state index in [1.54, 1.807) is 0 Å². The van der Waals surface area contributed by atoms with Gasteiger partial charge in [0.25, 0.3) is 0 Å². The Morgan fingerprint density at radius 1 is 0.468 bits per heavy atom. The monoisotopic (exact) mass is 794 g/mol. The van der Waals surface area contributed by atoms with Crippen LogP contribution in [0.3, 0.4) is 0 Å². The van der Waals surface area contributed by atoms with Gasteiger partial charge in [0.1, 0.15) is 0 Å². The average molecular weight is 795 g/mol. The summed E-state index contributed by atoms with van der Waals surface area (Å²) in [5.74, 6) is 1.77. The average Bonchev–Trinajstić information content (AvgIpc) is 3.87. The smallest absolute Gasteiger partial charge is 0.165 e. The number of rotatable bonds is 9. The maximum absolute atomic E-state index is 4.99. The van der Waals surface area contributed by atoms with Gasteiger partial charge in [0, 0.05) is 67.6 Å². The Bertz CT molecular complexity index is 3490. The molecule has 7 aromatic carbocycles. The zero-order chi connectivity index (χ0) is 41.6. The molecule has 4 aromatic heterocycles. The summed E-state index contributed by atoms with van der Waals surface area (Å²) >= 11 is 0. The lowest BCUT2D eigenvalue weighted by molar-refractivity contribution is 1.07. The van der Waals surface area contributed by atoms with Crippen molar-refractivity contribution in [2.24, 2.45) is 0 Å². The Morgan fingerprint density at radius 2 is 1.03 bits per heavy atom. The van der Waals surface area contributed by atoms with Crippen molar-refractivity contribution in [1.29, 1.82) is 0 Å². The molecule has 0 amide bonds. The highest BCUT2D eigenvalue weighted by Crippen LogP contribution is 2.40. The first-order chi connectivity index (χ1) is 30.6. The van der Waals surface area contributed by atoms with Gasteiger partial charge >= 0.3 is 0 Å². The molecule has 0 fully saturated rings. The zero-order valence-electron chi connectivity index (χ0n) is 33.7. The zero-order valence-corrected chi connectivity index (χ0v) is 33.7. The van der Waals surface area contributed by atoms with Crippen LogP contribution in [0.2, 0.25) is 0 Å². The summed E-state index contributed by atoms with van der Waals surface area (Å²) < 4.78 is 4.58. The van der Waals surface area contributed by atoms with Crippen molar-refractivity contribution in [3.8, 4) is 51.0 Å². The van der Waals surface area contributed by atoms with Crippen molar-refractivity contribution in [3.63, 3.8) is 0 Å². The van der Waals surface area contributed by atoms with Gasteiger partial charge < -0.3 is 9.13 Å². The van der Waals surface area contributed by atoms with Gasteiger partial charge in [-0.25, -0.2) is 15.0 Å². The van der Waals surface area contributed by atoms with Gasteiger partial charge in [0.15, 0.2) is 17.5 Å². The van der Waals surface area contributed by atoms with Gasteiger partial charge in [-0.15, -0.1) is 0 Å². The number of para-hydroxylation sites is 3. The molecule has 11 aromatic rings. The fraction of sp³-hybridized carbons (Fsp3) is 0. The molecule has 292 valence electrons. The van der Waals surface area contributed by atoms with E-state index in [4.69, 9.17) is 19.9 Å². The molecule has 4 heterocycles. The molecular formula is C56H38N6. The molecule has 6 heteroatoms. The van der Waals surface area contributed by atoms with Crippen LogP contribution in [0.5, 0.6) is 0 Å². The standard InChI is InChI=1S/C56H38N6/c1-3-38(41-30-31-51-48(34-41)46-24-13-15-27-49(46)62(51)44-22-11-6-12-23-44)32-37(2)61-50-28-16-14-25-47(50)53-45(26-17-29-52(53)61)42-33-43(36-57-35-42)56-59-54(39-18-7-4-8-19-39)58-55(60-56)40-20-9-5-10-21-40/h3-36H,1-2H2/b38-32+. The number of benzene rings is 7. The predicted molar refractivity (Wildman–Crippen MR) is 257 cm³/mol. The van der Waals surface area contributed by atoms with E-state index in [2.05, 4.69) is 150 Å². The van der Waals surface area contributed by atoms with Crippen LogP contribution in [0.1, 0.15) is 5.56 Å². The first-order valence-corrected chi connectivity index (χ1v) is 20.6. The summed E-state index contributed by atoms with van der Waals surface area (Å²) in [5.41, 5.74) is 13.1. The Balaban J connectivity index is 1.02. The van der Waals surface area contributed by atoms with Crippen LogP contribution in [0.25, 0.3) is 106 Å². The molecule has 0 saturated carbocycles. The third-order valence-electron chi connectivity index (χ3n) is 11.6. The number of fused-ring (bicyclic) bond motifs is 6. The molecule has 0 unspecified atom stereocenters. The van der Waals surface area contributed by atoms with E-state index in [-0.39, 0.29) is 0 Å². The third-order valence-corrected chi connectivity index (χ3v) is 11.6. The number of allylic oxidation sites excluding steroid dienone is 4. The van der Waals surface area contributed by atoms with E-state index in [0.29, 0.717) is 17.5 Å². The predicted octanol–water partition coefficient (Wildman–Crippen LogP) is 13.9. The Labute approximate surface area is 358 Å². The van der Waals surface area contributed by atoms with Crippen LogP contribution >= 0.6 is 0 Å². The second-order valence-corrected chi connectivity index (χ2v) is 15.3. The molecule has 0 bridgehead atoms. The van der Waals surface area contributed by atoms with Gasteiger partial charge in [0.2, 0.25) is 0 Å². The van der Waals surface area contributed by atoms with Crippen molar-refractivity contribution in [2.45, 2.75) is 0 Å². The third kappa shape index (κ3) is 6.30. The van der Waals surface area contributed by atoms with Gasteiger partial charge in [-0.2, -0.15) is 0 Å². The lowest BCUT2D eigenvalue weighted by atomic mass is 9.99. The molecular weight excluding hydrogens is 757 g/mol. The number of nitrogens with zero attached hydrogens (tertiary/aromatic N) is 6. The molecule has 0 radical (unpaired) electrons. The summed E-state index contributed by atoms with van der Waals surface area (Å²) in [5, 5.41) is 4.61. The van der Waals surface area contributed by atoms with E-state index in [1.165, 1.54) is 16.3 Å². The second-order valence-electron chi connectivity index (χ2n) is 15.3. The minimum atomic E-state index is 0.556. The van der Waals surface area contributed by atoms with Crippen LogP contribution < -0.4 is 0 Å². The molecule has 11 rings (SSSR count). The summed E-state index contributed by atoms with van der Waals surface area (Å²) in [6.07, 6.45) is 7.80. The van der Waals surface area contributed by atoms with Crippen LogP contribution in [0.15, 0.2) is 220 Å². The summed E-state index contributed by atoms with van der Waals surface area (Å²) in [4.78, 5) is 19.6. The minimum Gasteiger partial charge on any atom is -0.310 e. The normalized spacial score (nSPS) is 11.8. The lowest BCUT2D eigenvalue weighted by Gasteiger charge is -2.12. The molecule has 0 N–H and O–H groups in total. The molecule has 0 spiro atoms. The number of hydrogen-bond acceptors (Lipinski definition) is 4. The Morgan fingerprint density at radius 3 is 1.73 bits per heavy atom. The highest BCUT2D eigenvalue weighted by atomic mass is 15.0. The molecule has 0 aliphatic rings. The van der Waals surface area contributed by atoms with Gasteiger partial charge in [-0.05, 0) is 71.3 Å². The molecule has 0 aliphatic heterocycles. The molecule has 0 aliphatic carbocycles. The molecule has 0 atom stereocenters. The summed E-state index contributed by atoms with van der Waals surface area (Å²) in [7, 11) is 0. The quantitative estimate of drug-likeness (QED) is 0.137. The van der Waals surface area contributed by atoms with E-state index < -0.39 is 0 Å². The van der Waals surface area contributed by atoms with Crippen molar-refractivity contribution < 1.29 is 0 Å².